The fraction of sp³-hybridized carbons (Fsp3) is 0.364. The van der Waals surface area contributed by atoms with E-state index in [0.29, 0.717) is 11.9 Å². The van der Waals surface area contributed by atoms with E-state index in [-0.39, 0.29) is 23.4 Å². The molecule has 0 unspecified atom stereocenters. The van der Waals surface area contributed by atoms with Crippen LogP contribution in [0.1, 0.15) is 12.8 Å². The maximum Gasteiger partial charge on any atom is 0.245 e. The molecule has 0 amide bonds. The number of hydrogen-bond acceptors (Lipinski definition) is 7. The lowest BCUT2D eigenvalue weighted by atomic mass is 10.2. The van der Waals surface area contributed by atoms with Crippen LogP contribution in [-0.2, 0) is 14.8 Å². The van der Waals surface area contributed by atoms with E-state index < -0.39 is 22.0 Å². The Hall–Kier alpha value is -1.58. The molecule has 1 aliphatic rings. The minimum Gasteiger partial charge on any atom is -0.548 e. The maximum atomic E-state index is 12.6. The molecule has 0 aliphatic carbocycles. The van der Waals surface area contributed by atoms with Gasteiger partial charge in [0.05, 0.1) is 23.7 Å². The van der Waals surface area contributed by atoms with Gasteiger partial charge in [0.15, 0.2) is 0 Å². The van der Waals surface area contributed by atoms with Crippen LogP contribution < -0.4 is 5.11 Å². The average molecular weight is 312 g/mol. The number of rotatable bonds is 3. The van der Waals surface area contributed by atoms with Crippen LogP contribution in [0.4, 0.5) is 0 Å². The van der Waals surface area contributed by atoms with E-state index in [1.807, 2.05) is 0 Å². The van der Waals surface area contributed by atoms with Crippen molar-refractivity contribution in [2.45, 2.75) is 23.8 Å². The van der Waals surface area contributed by atoms with Crippen LogP contribution in [-0.4, -0.2) is 40.0 Å². The minimum atomic E-state index is -3.91. The van der Waals surface area contributed by atoms with Gasteiger partial charge in [-0.2, -0.15) is 13.1 Å². The molecule has 0 bridgehead atoms. The van der Waals surface area contributed by atoms with Crippen molar-refractivity contribution in [3.63, 3.8) is 0 Å². The molecule has 2 heterocycles. The number of aliphatic carboxylic acids is 1. The molecular weight excluding hydrogens is 302 g/mol. The lowest BCUT2D eigenvalue weighted by molar-refractivity contribution is -0.309. The van der Waals surface area contributed by atoms with Crippen LogP contribution in [0.15, 0.2) is 23.1 Å². The van der Waals surface area contributed by atoms with Gasteiger partial charge >= 0.3 is 0 Å². The third-order valence-electron chi connectivity index (χ3n) is 3.31. The van der Waals surface area contributed by atoms with Crippen LogP contribution >= 0.6 is 11.7 Å². The lowest BCUT2D eigenvalue weighted by Crippen LogP contribution is -2.46. The number of nitrogens with zero attached hydrogens (tertiary/aromatic N) is 3. The van der Waals surface area contributed by atoms with Gasteiger partial charge < -0.3 is 9.90 Å². The summed E-state index contributed by atoms with van der Waals surface area (Å²) in [6.07, 6.45) is 0.774. The normalized spacial score (nSPS) is 20.5. The standard InChI is InChI=1S/C11H11N3O4S2/c15-11(16)8-4-2-6-14(8)20(17,18)9-5-1-3-7-10(9)13-19-12-7/h1,3,5,8H,2,4,6H2,(H,15,16)/p-1/t8-/m0/s1. The maximum absolute atomic E-state index is 12.6. The van der Waals surface area contributed by atoms with E-state index in [2.05, 4.69) is 8.75 Å². The summed E-state index contributed by atoms with van der Waals surface area (Å²) in [5.41, 5.74) is 0.766. The smallest absolute Gasteiger partial charge is 0.245 e. The molecule has 1 saturated heterocycles. The summed E-state index contributed by atoms with van der Waals surface area (Å²) >= 11 is 0.921. The van der Waals surface area contributed by atoms with E-state index in [4.69, 9.17) is 0 Å². The Morgan fingerprint density at radius 3 is 2.95 bits per heavy atom. The van der Waals surface area contributed by atoms with Crippen molar-refractivity contribution in [2.24, 2.45) is 0 Å². The largest absolute Gasteiger partial charge is 0.548 e. The highest BCUT2D eigenvalue weighted by Gasteiger charge is 2.37. The number of carbonyl (C=O) groups excluding carboxylic acids is 1. The van der Waals surface area contributed by atoms with Gasteiger partial charge in [0, 0.05) is 6.54 Å². The van der Waals surface area contributed by atoms with E-state index in [1.54, 1.807) is 12.1 Å². The predicted octanol–water partition coefficient (Wildman–Crippen LogP) is -0.406. The summed E-state index contributed by atoms with van der Waals surface area (Å²) in [6, 6.07) is 3.55. The number of carbonyl (C=O) groups is 1. The summed E-state index contributed by atoms with van der Waals surface area (Å²) in [7, 11) is -3.91. The number of hydrogen-bond donors (Lipinski definition) is 0. The fourth-order valence-corrected chi connectivity index (χ4v) is 4.78. The zero-order chi connectivity index (χ0) is 14.3. The second-order valence-electron chi connectivity index (χ2n) is 4.48. The van der Waals surface area contributed by atoms with E-state index >= 15 is 0 Å². The summed E-state index contributed by atoms with van der Waals surface area (Å²) in [5, 5.41) is 11.1. The molecule has 1 aromatic heterocycles. The molecule has 20 heavy (non-hydrogen) atoms. The van der Waals surface area contributed by atoms with Crippen molar-refractivity contribution in [2.75, 3.05) is 6.54 Å². The number of aromatic nitrogens is 2. The van der Waals surface area contributed by atoms with Crippen molar-refractivity contribution in [3.05, 3.63) is 18.2 Å². The van der Waals surface area contributed by atoms with Crippen molar-refractivity contribution in [3.8, 4) is 0 Å². The summed E-state index contributed by atoms with van der Waals surface area (Å²) in [4.78, 5) is 11.1. The first-order valence-electron chi connectivity index (χ1n) is 5.96. The Morgan fingerprint density at radius 2 is 2.20 bits per heavy atom. The third-order valence-corrected chi connectivity index (χ3v) is 5.79. The van der Waals surface area contributed by atoms with Crippen molar-refractivity contribution >= 4 is 38.8 Å². The molecule has 0 saturated carbocycles. The molecule has 106 valence electrons. The van der Waals surface area contributed by atoms with Gasteiger partial charge in [-0.15, -0.1) is 0 Å². The van der Waals surface area contributed by atoms with E-state index in [1.165, 1.54) is 6.07 Å². The predicted molar refractivity (Wildman–Crippen MR) is 69.3 cm³/mol. The summed E-state index contributed by atoms with van der Waals surface area (Å²) in [5.74, 6) is -1.37. The van der Waals surface area contributed by atoms with Crippen LogP contribution in [0, 0.1) is 0 Å². The van der Waals surface area contributed by atoms with Gasteiger partial charge in [-0.05, 0) is 25.0 Å². The molecule has 2 aromatic rings. The van der Waals surface area contributed by atoms with Gasteiger partial charge in [-0.3, -0.25) is 0 Å². The van der Waals surface area contributed by atoms with E-state index in [0.717, 1.165) is 16.0 Å². The molecule has 0 spiro atoms. The molecule has 0 radical (unpaired) electrons. The van der Waals surface area contributed by atoms with Gasteiger partial charge in [0.25, 0.3) is 0 Å². The van der Waals surface area contributed by atoms with Gasteiger partial charge in [-0.25, -0.2) is 8.42 Å². The molecule has 1 aliphatic heterocycles. The first-order valence-corrected chi connectivity index (χ1v) is 8.13. The first-order chi connectivity index (χ1) is 9.51. The summed E-state index contributed by atoms with van der Waals surface area (Å²) in [6.45, 7) is 0.176. The highest BCUT2D eigenvalue weighted by atomic mass is 32.2. The number of fused-ring (bicyclic) bond motifs is 1. The minimum absolute atomic E-state index is 0.00287. The van der Waals surface area contributed by atoms with Crippen molar-refractivity contribution in [1.82, 2.24) is 13.1 Å². The summed E-state index contributed by atoms with van der Waals surface area (Å²) < 4.78 is 34.2. The zero-order valence-electron chi connectivity index (χ0n) is 10.2. The van der Waals surface area contributed by atoms with Crippen molar-refractivity contribution in [1.29, 1.82) is 0 Å². The topological polar surface area (TPSA) is 103 Å². The number of carboxylic acids is 1. The highest BCUT2D eigenvalue weighted by Crippen LogP contribution is 2.29. The quantitative estimate of drug-likeness (QED) is 0.763. The SMILES string of the molecule is O=C([O-])[C@@H]1CCCN1S(=O)(=O)c1cccc2nsnc12. The van der Waals surface area contributed by atoms with Crippen molar-refractivity contribution < 1.29 is 18.3 Å². The second-order valence-corrected chi connectivity index (χ2v) is 6.87. The Kier molecular flexibility index (Phi) is 3.19. The molecule has 3 rings (SSSR count). The van der Waals surface area contributed by atoms with E-state index in [9.17, 15) is 18.3 Å². The van der Waals surface area contributed by atoms with Crippen LogP contribution in [0.2, 0.25) is 0 Å². The first kappa shape index (κ1) is 13.4. The third kappa shape index (κ3) is 1.98. The highest BCUT2D eigenvalue weighted by molar-refractivity contribution is 7.89. The molecule has 1 fully saturated rings. The van der Waals surface area contributed by atoms with Gasteiger partial charge in [0.1, 0.15) is 15.9 Å². The molecule has 9 heteroatoms. The van der Waals surface area contributed by atoms with Gasteiger partial charge in [0.2, 0.25) is 10.0 Å². The Morgan fingerprint density at radius 1 is 1.40 bits per heavy atom. The zero-order valence-corrected chi connectivity index (χ0v) is 11.9. The lowest BCUT2D eigenvalue weighted by Gasteiger charge is -2.24. The Bertz CT molecular complexity index is 771. The van der Waals surface area contributed by atoms with Crippen LogP contribution in [0.3, 0.4) is 0 Å². The molecule has 1 aromatic carbocycles. The average Bonchev–Trinajstić information content (AvgIpc) is 3.06. The molecule has 1 atom stereocenters. The van der Waals surface area contributed by atoms with Gasteiger partial charge in [-0.1, -0.05) is 6.07 Å². The fourth-order valence-electron chi connectivity index (χ4n) is 2.38. The number of benzene rings is 1. The Balaban J connectivity index is 2.12. The number of carboxylic acid groups (broad SMARTS) is 1. The van der Waals surface area contributed by atoms with Crippen LogP contribution in [0.5, 0.6) is 0 Å². The molecule has 0 N–H and O–H groups in total. The monoisotopic (exact) mass is 312 g/mol. The number of sulfonamides is 1. The second kappa shape index (κ2) is 4.76. The van der Waals surface area contributed by atoms with Crippen LogP contribution in [0.25, 0.3) is 11.0 Å². The molecular formula is C11H10N3O4S2-. The Labute approximate surface area is 119 Å². The molecule has 7 nitrogen and oxygen atoms in total.